The second-order valence-corrected chi connectivity index (χ2v) is 10.9. The normalized spacial score (nSPS) is 14.2. The quantitative estimate of drug-likeness (QED) is 0.240. The van der Waals surface area contributed by atoms with Crippen molar-refractivity contribution in [2.45, 2.75) is 59.2 Å². The highest BCUT2D eigenvalue weighted by Crippen LogP contribution is 2.29. The summed E-state index contributed by atoms with van der Waals surface area (Å²) < 4.78 is 22.2. The third-order valence-electron chi connectivity index (χ3n) is 6.53. The van der Waals surface area contributed by atoms with Gasteiger partial charge in [-0.2, -0.15) is 0 Å². The van der Waals surface area contributed by atoms with Crippen LogP contribution in [-0.4, -0.2) is 48.5 Å². The van der Waals surface area contributed by atoms with Crippen molar-refractivity contribution in [1.82, 2.24) is 9.97 Å². The van der Waals surface area contributed by atoms with Crippen molar-refractivity contribution < 1.29 is 23.7 Å². The van der Waals surface area contributed by atoms with E-state index in [-0.39, 0.29) is 12.5 Å². The maximum Gasteiger partial charge on any atom is 0.361 e. The number of benzene rings is 2. The van der Waals surface area contributed by atoms with E-state index < -0.39 is 11.6 Å². The predicted octanol–water partition coefficient (Wildman–Crippen LogP) is 5.76. The van der Waals surface area contributed by atoms with Gasteiger partial charge in [0, 0.05) is 32.3 Å². The summed E-state index contributed by atoms with van der Waals surface area (Å²) in [5.74, 6) is 1.75. The van der Waals surface area contributed by atoms with Gasteiger partial charge in [-0.05, 0) is 76.3 Å². The number of hydrogen-bond donors (Lipinski definition) is 0. The van der Waals surface area contributed by atoms with Gasteiger partial charge in [-0.15, -0.1) is 0 Å². The summed E-state index contributed by atoms with van der Waals surface area (Å²) in [5, 5.41) is 0. The van der Waals surface area contributed by atoms with Gasteiger partial charge < -0.3 is 23.8 Å². The molecule has 0 N–H and O–H groups in total. The van der Waals surface area contributed by atoms with Crippen LogP contribution in [0.1, 0.15) is 61.2 Å². The van der Waals surface area contributed by atoms with Gasteiger partial charge in [-0.3, -0.25) is 0 Å². The molecule has 2 aromatic carbocycles. The van der Waals surface area contributed by atoms with E-state index in [4.69, 9.17) is 23.9 Å². The molecule has 0 saturated carbocycles. The Labute approximate surface area is 231 Å². The van der Waals surface area contributed by atoms with Crippen LogP contribution in [0.15, 0.2) is 54.6 Å². The number of nitrogens with zero attached hydrogens (tertiary/aromatic N) is 3. The largest absolute Gasteiger partial charge is 0.484 e. The van der Waals surface area contributed by atoms with Crippen LogP contribution in [0.2, 0.25) is 0 Å². The average molecular weight is 534 g/mol. The van der Waals surface area contributed by atoms with Gasteiger partial charge in [0.15, 0.2) is 18.2 Å². The monoisotopic (exact) mass is 533 g/mol. The summed E-state index contributed by atoms with van der Waals surface area (Å²) >= 11 is 0. The fraction of sp³-hybridized carbons (Fsp3) is 0.452. The van der Waals surface area contributed by atoms with Crippen LogP contribution in [0.3, 0.4) is 0 Å². The third kappa shape index (κ3) is 8.17. The lowest BCUT2D eigenvalue weighted by Crippen LogP contribution is -2.34. The molecule has 39 heavy (non-hydrogen) atoms. The number of ether oxygens (including phenoxy) is 4. The molecule has 1 fully saturated rings. The van der Waals surface area contributed by atoms with Crippen LogP contribution in [0.25, 0.3) is 0 Å². The Hall–Kier alpha value is -3.65. The summed E-state index contributed by atoms with van der Waals surface area (Å²) in [6, 6.07) is 17.9. The van der Waals surface area contributed by atoms with Gasteiger partial charge in [0.05, 0.1) is 5.69 Å². The fourth-order valence-corrected chi connectivity index (χ4v) is 4.61. The molecule has 0 aliphatic carbocycles. The van der Waals surface area contributed by atoms with Gasteiger partial charge >= 0.3 is 5.97 Å². The van der Waals surface area contributed by atoms with Crippen molar-refractivity contribution in [2.75, 3.05) is 31.9 Å². The molecule has 1 aliphatic heterocycles. The lowest BCUT2D eigenvalue weighted by atomic mass is 9.93. The van der Waals surface area contributed by atoms with Gasteiger partial charge in [0.2, 0.25) is 0 Å². The first-order valence-electron chi connectivity index (χ1n) is 13.5. The number of methoxy groups -OCH3 is 1. The Morgan fingerprint density at radius 1 is 0.974 bits per heavy atom. The van der Waals surface area contributed by atoms with Crippen molar-refractivity contribution in [3.8, 4) is 11.5 Å². The van der Waals surface area contributed by atoms with Crippen LogP contribution in [-0.2, 0) is 22.5 Å². The lowest BCUT2D eigenvalue weighted by molar-refractivity contribution is 0.00571. The molecule has 8 nitrogen and oxygen atoms in total. The number of aromatic nitrogens is 2. The Kier molecular flexibility index (Phi) is 9.41. The van der Waals surface area contributed by atoms with Crippen molar-refractivity contribution in [2.24, 2.45) is 5.92 Å². The van der Waals surface area contributed by atoms with Gasteiger partial charge in [-0.1, -0.05) is 30.3 Å². The summed E-state index contributed by atoms with van der Waals surface area (Å²) in [5.41, 5.74) is 2.37. The molecule has 0 bridgehead atoms. The van der Waals surface area contributed by atoms with E-state index in [1.165, 1.54) is 5.69 Å². The number of rotatable bonds is 10. The molecular formula is C31H39N3O5. The number of anilines is 1. The second-order valence-electron chi connectivity index (χ2n) is 10.9. The van der Waals surface area contributed by atoms with Gasteiger partial charge in [-0.25, -0.2) is 14.8 Å². The van der Waals surface area contributed by atoms with Gasteiger partial charge in [0.25, 0.3) is 0 Å². The highest BCUT2D eigenvalue weighted by Gasteiger charge is 2.27. The Bertz CT molecular complexity index is 1220. The first-order valence-corrected chi connectivity index (χ1v) is 13.5. The first kappa shape index (κ1) is 28.4. The molecule has 1 aromatic heterocycles. The van der Waals surface area contributed by atoms with Gasteiger partial charge in [0.1, 0.15) is 23.8 Å². The predicted molar refractivity (Wildman–Crippen MR) is 150 cm³/mol. The SMILES string of the molecule is COCOc1ccc(N2CCC(Cc3nc(C)c(OCc4ccccc4)c(C(=O)OC(C)(C)C)n3)CC2)cc1. The van der Waals surface area contributed by atoms with E-state index in [9.17, 15) is 4.79 Å². The first-order chi connectivity index (χ1) is 18.7. The molecule has 2 heterocycles. The zero-order chi connectivity index (χ0) is 27.8. The number of piperidine rings is 1. The van der Waals surface area contributed by atoms with E-state index in [1.807, 2.05) is 70.2 Å². The van der Waals surface area contributed by atoms with E-state index >= 15 is 0 Å². The molecule has 8 heteroatoms. The summed E-state index contributed by atoms with van der Waals surface area (Å²) in [4.78, 5) is 25.0. The van der Waals surface area contributed by atoms with E-state index in [0.717, 1.165) is 37.2 Å². The van der Waals surface area contributed by atoms with Crippen LogP contribution < -0.4 is 14.4 Å². The molecule has 0 amide bonds. The highest BCUT2D eigenvalue weighted by atomic mass is 16.7. The second kappa shape index (κ2) is 12.9. The van der Waals surface area contributed by atoms with E-state index in [0.29, 0.717) is 36.2 Å². The Balaban J connectivity index is 1.43. The molecule has 0 unspecified atom stereocenters. The fourth-order valence-electron chi connectivity index (χ4n) is 4.61. The maximum atomic E-state index is 13.2. The molecule has 208 valence electrons. The Morgan fingerprint density at radius 2 is 1.67 bits per heavy atom. The molecule has 0 atom stereocenters. The van der Waals surface area contributed by atoms with Crippen molar-refractivity contribution in [3.63, 3.8) is 0 Å². The maximum absolute atomic E-state index is 13.2. The molecular weight excluding hydrogens is 494 g/mol. The zero-order valence-electron chi connectivity index (χ0n) is 23.6. The standard InChI is InChI=1S/C31H39N3O5/c1-22-29(37-20-24-9-7-6-8-10-24)28(30(35)39-31(2,3)4)33-27(32-22)19-23-15-17-34(18-16-23)25-11-13-26(14-12-25)38-21-36-5/h6-14,23H,15-21H2,1-5H3. The minimum absolute atomic E-state index is 0.191. The summed E-state index contributed by atoms with van der Waals surface area (Å²) in [7, 11) is 1.61. The summed E-state index contributed by atoms with van der Waals surface area (Å²) in [6.07, 6.45) is 2.73. The lowest BCUT2D eigenvalue weighted by Gasteiger charge is -2.33. The van der Waals surface area contributed by atoms with E-state index in [2.05, 4.69) is 22.0 Å². The zero-order valence-corrected chi connectivity index (χ0v) is 23.6. The molecule has 4 rings (SSSR count). The number of aryl methyl sites for hydroxylation is 1. The minimum Gasteiger partial charge on any atom is -0.484 e. The van der Waals surface area contributed by atoms with E-state index in [1.54, 1.807) is 7.11 Å². The number of carbonyl (C=O) groups is 1. The molecule has 0 radical (unpaired) electrons. The summed E-state index contributed by atoms with van der Waals surface area (Å²) in [6.45, 7) is 9.84. The highest BCUT2D eigenvalue weighted by molar-refractivity contribution is 5.90. The minimum atomic E-state index is -0.645. The molecule has 0 spiro atoms. The number of carbonyl (C=O) groups excluding carboxylic acids is 1. The Morgan fingerprint density at radius 3 is 2.31 bits per heavy atom. The topological polar surface area (TPSA) is 83.0 Å². The van der Waals surface area contributed by atoms with Crippen LogP contribution in [0.4, 0.5) is 5.69 Å². The number of esters is 1. The molecule has 3 aromatic rings. The number of hydrogen-bond acceptors (Lipinski definition) is 8. The van der Waals surface area contributed by atoms with Crippen LogP contribution in [0, 0.1) is 12.8 Å². The van der Waals surface area contributed by atoms with Crippen LogP contribution in [0.5, 0.6) is 11.5 Å². The smallest absolute Gasteiger partial charge is 0.361 e. The average Bonchev–Trinajstić information content (AvgIpc) is 2.91. The molecule has 1 saturated heterocycles. The van der Waals surface area contributed by atoms with Crippen molar-refractivity contribution in [1.29, 1.82) is 0 Å². The van der Waals surface area contributed by atoms with Crippen molar-refractivity contribution in [3.05, 3.63) is 77.4 Å². The van der Waals surface area contributed by atoms with Crippen molar-refractivity contribution >= 4 is 11.7 Å². The third-order valence-corrected chi connectivity index (χ3v) is 6.53. The molecule has 1 aliphatic rings. The van der Waals surface area contributed by atoms with Crippen LogP contribution >= 0.6 is 0 Å².